The Kier molecular flexibility index (Phi) is 6.81. The van der Waals surface area contributed by atoms with Gasteiger partial charge in [-0.1, -0.05) is 35.5 Å². The third kappa shape index (κ3) is 4.86. The SMILES string of the molecule is COCCN(CCOC)Cc1c(O)ccc2c(Cc3ccccc3)noc12. The van der Waals surface area contributed by atoms with E-state index in [0.29, 0.717) is 31.8 Å². The first-order chi connectivity index (χ1) is 13.2. The molecule has 6 heteroatoms. The summed E-state index contributed by atoms with van der Waals surface area (Å²) >= 11 is 0. The molecular formula is C21H26N2O4. The molecule has 0 atom stereocenters. The number of rotatable bonds is 10. The third-order valence-electron chi connectivity index (χ3n) is 4.61. The van der Waals surface area contributed by atoms with E-state index >= 15 is 0 Å². The summed E-state index contributed by atoms with van der Waals surface area (Å²) in [5.74, 6) is 0.213. The molecule has 1 N–H and O–H groups in total. The Hall–Kier alpha value is -2.41. The summed E-state index contributed by atoms with van der Waals surface area (Å²) in [6, 6.07) is 13.7. The van der Waals surface area contributed by atoms with Crippen molar-refractivity contribution < 1.29 is 19.1 Å². The molecule has 0 radical (unpaired) electrons. The highest BCUT2D eigenvalue weighted by atomic mass is 16.5. The monoisotopic (exact) mass is 370 g/mol. The molecule has 0 saturated heterocycles. The molecule has 1 heterocycles. The number of aromatic nitrogens is 1. The van der Waals surface area contributed by atoms with Crippen LogP contribution in [0.1, 0.15) is 16.8 Å². The summed E-state index contributed by atoms with van der Waals surface area (Å²) in [5, 5.41) is 15.6. The highest BCUT2D eigenvalue weighted by molar-refractivity contribution is 5.84. The van der Waals surface area contributed by atoms with E-state index < -0.39 is 0 Å². The van der Waals surface area contributed by atoms with Crippen molar-refractivity contribution in [3.63, 3.8) is 0 Å². The van der Waals surface area contributed by atoms with E-state index in [1.54, 1.807) is 20.3 Å². The van der Waals surface area contributed by atoms with Crippen LogP contribution >= 0.6 is 0 Å². The van der Waals surface area contributed by atoms with Crippen LogP contribution in [-0.2, 0) is 22.4 Å². The van der Waals surface area contributed by atoms with Gasteiger partial charge in [0.1, 0.15) is 5.75 Å². The number of phenols is 1. The number of hydrogen-bond acceptors (Lipinski definition) is 6. The molecule has 27 heavy (non-hydrogen) atoms. The van der Waals surface area contributed by atoms with Crippen LogP contribution in [0.3, 0.4) is 0 Å². The van der Waals surface area contributed by atoms with Gasteiger partial charge in [0.05, 0.1) is 24.5 Å². The minimum absolute atomic E-state index is 0.213. The first kappa shape index (κ1) is 19.4. The van der Waals surface area contributed by atoms with Gasteiger partial charge in [-0.2, -0.15) is 0 Å². The normalized spacial score (nSPS) is 11.5. The average molecular weight is 370 g/mol. The smallest absolute Gasteiger partial charge is 0.175 e. The Morgan fingerprint density at radius 2 is 1.70 bits per heavy atom. The molecule has 0 spiro atoms. The molecule has 3 aromatic rings. The van der Waals surface area contributed by atoms with Gasteiger partial charge in [0, 0.05) is 45.7 Å². The number of methoxy groups -OCH3 is 2. The summed E-state index contributed by atoms with van der Waals surface area (Å²) in [6.07, 6.45) is 0.690. The summed E-state index contributed by atoms with van der Waals surface area (Å²) < 4.78 is 16.0. The summed E-state index contributed by atoms with van der Waals surface area (Å²) in [4.78, 5) is 2.17. The van der Waals surface area contributed by atoms with Gasteiger partial charge in [0.2, 0.25) is 0 Å². The van der Waals surface area contributed by atoms with E-state index in [0.717, 1.165) is 29.7 Å². The highest BCUT2D eigenvalue weighted by Crippen LogP contribution is 2.31. The fourth-order valence-electron chi connectivity index (χ4n) is 3.10. The number of ether oxygens (including phenoxy) is 2. The standard InChI is InChI=1S/C21H26N2O4/c1-25-12-10-23(11-13-26-2)15-18-20(24)9-8-17-19(22-27-21(17)18)14-16-6-4-3-5-7-16/h3-9,24H,10-15H2,1-2H3. The Bertz CT molecular complexity index is 840. The lowest BCUT2D eigenvalue weighted by molar-refractivity contribution is 0.110. The second-order valence-corrected chi connectivity index (χ2v) is 6.49. The van der Waals surface area contributed by atoms with Gasteiger partial charge >= 0.3 is 0 Å². The zero-order valence-corrected chi connectivity index (χ0v) is 15.9. The van der Waals surface area contributed by atoms with Crippen molar-refractivity contribution in [2.45, 2.75) is 13.0 Å². The van der Waals surface area contributed by atoms with Crippen molar-refractivity contribution >= 4 is 11.0 Å². The van der Waals surface area contributed by atoms with Crippen molar-refractivity contribution in [3.8, 4) is 5.75 Å². The number of fused-ring (bicyclic) bond motifs is 1. The number of hydrogen-bond donors (Lipinski definition) is 1. The zero-order valence-electron chi connectivity index (χ0n) is 15.9. The summed E-state index contributed by atoms with van der Waals surface area (Å²) in [5.41, 5.74) is 3.43. The first-order valence-corrected chi connectivity index (χ1v) is 9.06. The molecular weight excluding hydrogens is 344 g/mol. The van der Waals surface area contributed by atoms with E-state index in [1.165, 1.54) is 5.56 Å². The maximum absolute atomic E-state index is 10.4. The molecule has 0 aliphatic heterocycles. The fourth-order valence-corrected chi connectivity index (χ4v) is 3.10. The van der Waals surface area contributed by atoms with E-state index in [2.05, 4.69) is 22.2 Å². The number of aromatic hydroxyl groups is 1. The van der Waals surface area contributed by atoms with Crippen LogP contribution in [0.5, 0.6) is 5.75 Å². The maximum atomic E-state index is 10.4. The lowest BCUT2D eigenvalue weighted by atomic mass is 10.0. The predicted molar refractivity (Wildman–Crippen MR) is 104 cm³/mol. The quantitative estimate of drug-likeness (QED) is 0.591. The predicted octanol–water partition coefficient (Wildman–Crippen LogP) is 3.22. The first-order valence-electron chi connectivity index (χ1n) is 9.06. The van der Waals surface area contributed by atoms with Gasteiger partial charge in [0.15, 0.2) is 5.58 Å². The van der Waals surface area contributed by atoms with Crippen LogP contribution in [0.25, 0.3) is 11.0 Å². The van der Waals surface area contributed by atoms with E-state index in [1.807, 2.05) is 24.3 Å². The number of phenolic OH excluding ortho intramolecular Hbond substituents is 1. The van der Waals surface area contributed by atoms with Crippen molar-refractivity contribution in [1.82, 2.24) is 10.1 Å². The van der Waals surface area contributed by atoms with Gasteiger partial charge in [-0.25, -0.2) is 0 Å². The molecule has 0 saturated carbocycles. The molecule has 2 aromatic carbocycles. The average Bonchev–Trinajstić information content (AvgIpc) is 3.09. The van der Waals surface area contributed by atoms with Crippen LogP contribution in [-0.4, -0.2) is 55.7 Å². The molecule has 0 unspecified atom stereocenters. The van der Waals surface area contributed by atoms with Gasteiger partial charge in [-0.05, 0) is 17.7 Å². The van der Waals surface area contributed by atoms with Crippen molar-refractivity contribution in [1.29, 1.82) is 0 Å². The van der Waals surface area contributed by atoms with Crippen LogP contribution in [0.2, 0.25) is 0 Å². The minimum atomic E-state index is 0.213. The van der Waals surface area contributed by atoms with Crippen LogP contribution < -0.4 is 0 Å². The number of nitrogens with zero attached hydrogens (tertiary/aromatic N) is 2. The minimum Gasteiger partial charge on any atom is -0.507 e. The lowest BCUT2D eigenvalue weighted by Crippen LogP contribution is -2.30. The van der Waals surface area contributed by atoms with Gasteiger partial charge in [-0.15, -0.1) is 0 Å². The van der Waals surface area contributed by atoms with Crippen molar-refractivity contribution in [3.05, 3.63) is 59.3 Å². The molecule has 0 aliphatic carbocycles. The summed E-state index contributed by atoms with van der Waals surface area (Å²) in [6.45, 7) is 3.23. The molecule has 3 rings (SSSR count). The zero-order chi connectivity index (χ0) is 19.1. The molecule has 1 aromatic heterocycles. The largest absolute Gasteiger partial charge is 0.507 e. The Morgan fingerprint density at radius 3 is 2.37 bits per heavy atom. The fraction of sp³-hybridized carbons (Fsp3) is 0.381. The summed E-state index contributed by atoms with van der Waals surface area (Å²) in [7, 11) is 3.36. The Morgan fingerprint density at radius 1 is 1.00 bits per heavy atom. The Balaban J connectivity index is 1.87. The van der Waals surface area contributed by atoms with Gasteiger partial charge in [0.25, 0.3) is 0 Å². The Labute approximate surface area is 159 Å². The van der Waals surface area contributed by atoms with Gasteiger partial charge < -0.3 is 19.1 Å². The van der Waals surface area contributed by atoms with Crippen LogP contribution in [0.4, 0.5) is 0 Å². The van der Waals surface area contributed by atoms with Crippen molar-refractivity contribution in [2.75, 3.05) is 40.5 Å². The lowest BCUT2D eigenvalue weighted by Gasteiger charge is -2.22. The molecule has 0 aliphatic rings. The second kappa shape index (κ2) is 9.50. The van der Waals surface area contributed by atoms with Gasteiger partial charge in [-0.3, -0.25) is 4.90 Å². The molecule has 0 bridgehead atoms. The second-order valence-electron chi connectivity index (χ2n) is 6.49. The van der Waals surface area contributed by atoms with E-state index in [-0.39, 0.29) is 5.75 Å². The molecule has 6 nitrogen and oxygen atoms in total. The molecule has 0 fully saturated rings. The van der Waals surface area contributed by atoms with Crippen LogP contribution in [0.15, 0.2) is 47.0 Å². The molecule has 0 amide bonds. The number of benzene rings is 2. The van der Waals surface area contributed by atoms with E-state index in [9.17, 15) is 5.11 Å². The van der Waals surface area contributed by atoms with E-state index in [4.69, 9.17) is 14.0 Å². The topological polar surface area (TPSA) is 68.0 Å². The molecule has 144 valence electrons. The highest BCUT2D eigenvalue weighted by Gasteiger charge is 2.18. The third-order valence-corrected chi connectivity index (χ3v) is 4.61. The van der Waals surface area contributed by atoms with Crippen molar-refractivity contribution in [2.24, 2.45) is 0 Å². The maximum Gasteiger partial charge on any atom is 0.175 e. The van der Waals surface area contributed by atoms with Crippen LogP contribution in [0, 0.1) is 0 Å².